The van der Waals surface area contributed by atoms with Gasteiger partial charge in [-0.1, -0.05) is 24.3 Å². The third kappa shape index (κ3) is 4.36. The van der Waals surface area contributed by atoms with Crippen molar-refractivity contribution in [3.63, 3.8) is 0 Å². The van der Waals surface area contributed by atoms with E-state index in [1.165, 1.54) is 6.08 Å². The van der Waals surface area contributed by atoms with E-state index in [1.807, 2.05) is 42.6 Å². The van der Waals surface area contributed by atoms with Crippen LogP contribution in [0, 0.1) is 0 Å². The van der Waals surface area contributed by atoms with Gasteiger partial charge in [-0.15, -0.1) is 0 Å². The minimum atomic E-state index is -0.173. The number of nitrogens with two attached hydrogens (primary N) is 2. The molecule has 134 valence electrons. The molecule has 0 fully saturated rings. The zero-order valence-electron chi connectivity index (χ0n) is 14.5. The molecule has 0 radical (unpaired) electrons. The quantitative estimate of drug-likeness (QED) is 0.487. The Morgan fingerprint density at radius 3 is 2.88 bits per heavy atom. The Kier molecular flexibility index (Phi) is 5.78. The zero-order chi connectivity index (χ0) is 18.4. The van der Waals surface area contributed by atoms with Crippen LogP contribution in [0.5, 0.6) is 0 Å². The molecule has 2 heterocycles. The van der Waals surface area contributed by atoms with Gasteiger partial charge >= 0.3 is 0 Å². The first-order valence-electron chi connectivity index (χ1n) is 8.58. The van der Waals surface area contributed by atoms with Crippen LogP contribution < -0.4 is 16.8 Å². The highest BCUT2D eigenvalue weighted by molar-refractivity contribution is 5.95. The number of rotatable bonds is 7. The first-order valence-corrected chi connectivity index (χ1v) is 8.58. The van der Waals surface area contributed by atoms with Crippen molar-refractivity contribution in [3.05, 3.63) is 71.6 Å². The van der Waals surface area contributed by atoms with Crippen LogP contribution in [0.4, 0.5) is 0 Å². The van der Waals surface area contributed by atoms with Gasteiger partial charge in [-0.25, -0.2) is 4.98 Å². The predicted octanol–water partition coefficient (Wildman–Crippen LogP) is 1.72. The van der Waals surface area contributed by atoms with E-state index in [9.17, 15) is 4.79 Å². The summed E-state index contributed by atoms with van der Waals surface area (Å²) in [6.07, 6.45) is 7.53. The summed E-state index contributed by atoms with van der Waals surface area (Å²) in [4.78, 5) is 19.6. The second-order valence-electron chi connectivity index (χ2n) is 6.15. The van der Waals surface area contributed by atoms with Crippen molar-refractivity contribution < 1.29 is 4.79 Å². The molecule has 1 aromatic carbocycles. The van der Waals surface area contributed by atoms with Crippen molar-refractivity contribution in [2.24, 2.45) is 11.5 Å². The van der Waals surface area contributed by atoms with Crippen LogP contribution in [0.2, 0.25) is 0 Å². The second-order valence-corrected chi connectivity index (χ2v) is 6.15. The van der Waals surface area contributed by atoms with Gasteiger partial charge in [0.05, 0.1) is 0 Å². The van der Waals surface area contributed by atoms with Crippen LogP contribution in [0.15, 0.2) is 54.9 Å². The highest BCUT2D eigenvalue weighted by Gasteiger charge is 2.10. The first kappa shape index (κ1) is 17.8. The summed E-state index contributed by atoms with van der Waals surface area (Å²) in [5, 5.41) is 3.93. The lowest BCUT2D eigenvalue weighted by molar-refractivity contribution is -0.117. The summed E-state index contributed by atoms with van der Waals surface area (Å²) >= 11 is 0. The SMILES string of the molecule is NCc1cccc(C[C@@H](CN)NC(=O)C=Cc2c[nH]c3ncccc23)c1. The van der Waals surface area contributed by atoms with Crippen molar-refractivity contribution in [3.8, 4) is 0 Å². The summed E-state index contributed by atoms with van der Waals surface area (Å²) in [5.41, 5.74) is 15.4. The standard InChI is InChI=1S/C20H23N5O/c21-11-15-4-1-3-14(9-15)10-17(12-22)25-19(26)7-6-16-13-24-20-18(16)5-2-8-23-20/h1-9,13,17H,10-12,21-22H2,(H,23,24)(H,25,26)/t17-/m0/s1. The molecule has 0 aliphatic rings. The number of nitrogens with zero attached hydrogens (tertiary/aromatic N) is 1. The average Bonchev–Trinajstić information content (AvgIpc) is 3.09. The number of benzene rings is 1. The Hall–Kier alpha value is -2.96. The summed E-state index contributed by atoms with van der Waals surface area (Å²) in [7, 11) is 0. The molecular formula is C20H23N5O. The third-order valence-electron chi connectivity index (χ3n) is 4.24. The number of carbonyl (C=O) groups excluding carboxylic acids is 1. The monoisotopic (exact) mass is 349 g/mol. The normalized spacial score (nSPS) is 12.5. The number of carbonyl (C=O) groups is 1. The van der Waals surface area contributed by atoms with Gasteiger partial charge in [-0.2, -0.15) is 0 Å². The fraction of sp³-hybridized carbons (Fsp3) is 0.200. The maximum Gasteiger partial charge on any atom is 0.244 e. The van der Waals surface area contributed by atoms with Gasteiger partial charge in [-0.3, -0.25) is 4.79 Å². The van der Waals surface area contributed by atoms with Crippen molar-refractivity contribution in [2.45, 2.75) is 19.0 Å². The van der Waals surface area contributed by atoms with E-state index in [4.69, 9.17) is 11.5 Å². The van der Waals surface area contributed by atoms with Crippen LogP contribution in [0.25, 0.3) is 17.1 Å². The molecule has 0 unspecified atom stereocenters. The summed E-state index contributed by atoms with van der Waals surface area (Å²) < 4.78 is 0. The number of aromatic nitrogens is 2. The number of pyridine rings is 1. The van der Waals surface area contributed by atoms with Gasteiger partial charge in [0.2, 0.25) is 5.91 Å². The lowest BCUT2D eigenvalue weighted by Gasteiger charge is -2.16. The van der Waals surface area contributed by atoms with Gasteiger partial charge in [0.1, 0.15) is 5.65 Å². The van der Waals surface area contributed by atoms with Crippen molar-refractivity contribution in [1.82, 2.24) is 15.3 Å². The predicted molar refractivity (Wildman–Crippen MR) is 104 cm³/mol. The number of amides is 1. The Bertz CT molecular complexity index is 915. The van der Waals surface area contributed by atoms with Gasteiger partial charge in [0.15, 0.2) is 0 Å². The van der Waals surface area contributed by atoms with Crippen LogP contribution in [-0.4, -0.2) is 28.5 Å². The minimum absolute atomic E-state index is 0.134. The number of hydrogen-bond acceptors (Lipinski definition) is 4. The number of hydrogen-bond donors (Lipinski definition) is 4. The molecule has 0 spiro atoms. The van der Waals surface area contributed by atoms with Crippen LogP contribution in [0.3, 0.4) is 0 Å². The fourth-order valence-electron chi connectivity index (χ4n) is 2.89. The topological polar surface area (TPSA) is 110 Å². The maximum atomic E-state index is 12.3. The molecule has 0 saturated carbocycles. The molecule has 0 aliphatic heterocycles. The third-order valence-corrected chi connectivity index (χ3v) is 4.24. The molecule has 0 saturated heterocycles. The molecule has 1 amide bonds. The molecule has 3 rings (SSSR count). The van der Waals surface area contributed by atoms with Gasteiger partial charge in [0, 0.05) is 48.6 Å². The van der Waals surface area contributed by atoms with E-state index in [1.54, 1.807) is 12.3 Å². The Morgan fingerprint density at radius 1 is 1.23 bits per heavy atom. The molecular weight excluding hydrogens is 326 g/mol. The largest absolute Gasteiger partial charge is 0.348 e. The molecule has 6 N–H and O–H groups in total. The van der Waals surface area contributed by atoms with Crippen LogP contribution in [0.1, 0.15) is 16.7 Å². The molecule has 2 aromatic heterocycles. The molecule has 26 heavy (non-hydrogen) atoms. The molecule has 0 bridgehead atoms. The van der Waals surface area contributed by atoms with E-state index < -0.39 is 0 Å². The Balaban J connectivity index is 1.63. The summed E-state index contributed by atoms with van der Waals surface area (Å²) in [5.74, 6) is -0.173. The maximum absolute atomic E-state index is 12.3. The smallest absolute Gasteiger partial charge is 0.244 e. The molecule has 0 aliphatic carbocycles. The van der Waals surface area contributed by atoms with Gasteiger partial charge < -0.3 is 21.8 Å². The van der Waals surface area contributed by atoms with Gasteiger partial charge in [0.25, 0.3) is 0 Å². The van der Waals surface area contributed by atoms with Gasteiger partial charge in [-0.05, 0) is 35.8 Å². The average molecular weight is 349 g/mol. The van der Waals surface area contributed by atoms with E-state index in [-0.39, 0.29) is 11.9 Å². The van der Waals surface area contributed by atoms with Crippen LogP contribution >= 0.6 is 0 Å². The number of nitrogens with one attached hydrogen (secondary N) is 2. The number of H-pyrrole nitrogens is 1. The molecule has 3 aromatic rings. The minimum Gasteiger partial charge on any atom is -0.348 e. The first-order chi connectivity index (χ1) is 12.7. The van der Waals surface area contributed by atoms with E-state index in [0.717, 1.165) is 27.7 Å². The van der Waals surface area contributed by atoms with E-state index in [0.29, 0.717) is 19.5 Å². The highest BCUT2D eigenvalue weighted by atomic mass is 16.1. The zero-order valence-corrected chi connectivity index (χ0v) is 14.5. The molecule has 6 nitrogen and oxygen atoms in total. The Morgan fingerprint density at radius 2 is 2.08 bits per heavy atom. The van der Waals surface area contributed by atoms with Crippen LogP contribution in [-0.2, 0) is 17.8 Å². The number of aromatic amines is 1. The fourth-order valence-corrected chi connectivity index (χ4v) is 2.89. The summed E-state index contributed by atoms with van der Waals surface area (Å²) in [6.45, 7) is 0.860. The van der Waals surface area contributed by atoms with E-state index in [2.05, 4.69) is 15.3 Å². The van der Waals surface area contributed by atoms with Crippen molar-refractivity contribution >= 4 is 23.0 Å². The molecule has 6 heteroatoms. The summed E-state index contributed by atoms with van der Waals surface area (Å²) in [6, 6.07) is 11.7. The second kappa shape index (κ2) is 8.42. The number of fused-ring (bicyclic) bond motifs is 1. The molecule has 1 atom stereocenters. The highest BCUT2D eigenvalue weighted by Crippen LogP contribution is 2.16. The van der Waals surface area contributed by atoms with E-state index >= 15 is 0 Å². The lowest BCUT2D eigenvalue weighted by atomic mass is 10.0. The Labute approximate surface area is 152 Å². The lowest BCUT2D eigenvalue weighted by Crippen LogP contribution is -2.40. The van der Waals surface area contributed by atoms with Crippen molar-refractivity contribution in [2.75, 3.05) is 6.54 Å². The van der Waals surface area contributed by atoms with Crippen molar-refractivity contribution in [1.29, 1.82) is 0 Å².